The third-order valence-corrected chi connectivity index (χ3v) is 2.94. The van der Waals surface area contributed by atoms with Gasteiger partial charge in [-0.15, -0.1) is 12.3 Å². The van der Waals surface area contributed by atoms with Gasteiger partial charge in [-0.1, -0.05) is 42.5 Å². The van der Waals surface area contributed by atoms with Gasteiger partial charge in [0, 0.05) is 12.8 Å². The van der Waals surface area contributed by atoms with E-state index in [1.165, 1.54) is 10.8 Å². The summed E-state index contributed by atoms with van der Waals surface area (Å²) in [6.07, 6.45) is 6.65. The first-order valence-electron chi connectivity index (χ1n) is 6.36. The molecule has 0 atom stereocenters. The lowest BCUT2D eigenvalue weighted by atomic mass is 10.0. The fourth-order valence-corrected chi connectivity index (χ4v) is 1.94. The van der Waals surface area contributed by atoms with Crippen molar-refractivity contribution in [3.05, 3.63) is 48.0 Å². The summed E-state index contributed by atoms with van der Waals surface area (Å²) in [5.41, 5.74) is 1.15. The molecule has 2 heteroatoms. The van der Waals surface area contributed by atoms with Gasteiger partial charge in [-0.3, -0.25) is 4.79 Å². The second-order valence-electron chi connectivity index (χ2n) is 4.36. The van der Waals surface area contributed by atoms with E-state index in [1.807, 2.05) is 12.1 Å². The minimum atomic E-state index is -0.191. The smallest absolute Gasteiger partial charge is 0.306 e. The van der Waals surface area contributed by atoms with Crippen molar-refractivity contribution in [2.24, 2.45) is 0 Å². The molecule has 0 spiro atoms. The SMILES string of the molecule is C#CCCOC(=O)CCc1ccc2ccccc2c1. The Hall–Kier alpha value is -2.27. The predicted octanol–water partition coefficient (Wildman–Crippen LogP) is 3.34. The van der Waals surface area contributed by atoms with Crippen LogP contribution < -0.4 is 0 Å². The van der Waals surface area contributed by atoms with Gasteiger partial charge < -0.3 is 4.74 Å². The van der Waals surface area contributed by atoms with Gasteiger partial charge in [0.25, 0.3) is 0 Å². The summed E-state index contributed by atoms with van der Waals surface area (Å²) in [7, 11) is 0. The van der Waals surface area contributed by atoms with E-state index in [4.69, 9.17) is 11.2 Å². The second-order valence-corrected chi connectivity index (χ2v) is 4.36. The van der Waals surface area contributed by atoms with E-state index in [0.717, 1.165) is 5.56 Å². The van der Waals surface area contributed by atoms with E-state index in [2.05, 4.69) is 36.3 Å². The molecular formula is C17H16O2. The molecule has 0 N–H and O–H groups in total. The molecule has 2 nitrogen and oxygen atoms in total. The molecule has 0 bridgehead atoms. The first-order valence-corrected chi connectivity index (χ1v) is 6.36. The van der Waals surface area contributed by atoms with E-state index in [-0.39, 0.29) is 5.97 Å². The van der Waals surface area contributed by atoms with Crippen molar-refractivity contribution in [3.8, 4) is 12.3 Å². The number of esters is 1. The van der Waals surface area contributed by atoms with Crippen LogP contribution in [0.25, 0.3) is 10.8 Å². The van der Waals surface area contributed by atoms with Crippen LogP contribution in [0.4, 0.5) is 0 Å². The minimum Gasteiger partial charge on any atom is -0.465 e. The maximum atomic E-state index is 11.5. The molecule has 0 amide bonds. The van der Waals surface area contributed by atoms with Crippen LogP contribution in [-0.4, -0.2) is 12.6 Å². The summed E-state index contributed by atoms with van der Waals surface area (Å²) in [6, 6.07) is 14.4. The molecule has 0 aliphatic rings. The fourth-order valence-electron chi connectivity index (χ4n) is 1.94. The quantitative estimate of drug-likeness (QED) is 0.463. The monoisotopic (exact) mass is 252 g/mol. The van der Waals surface area contributed by atoms with Gasteiger partial charge in [0.15, 0.2) is 0 Å². The number of rotatable bonds is 5. The Morgan fingerprint density at radius 1 is 1.16 bits per heavy atom. The van der Waals surface area contributed by atoms with Gasteiger partial charge in [0.2, 0.25) is 0 Å². The summed E-state index contributed by atoms with van der Waals surface area (Å²) in [5.74, 6) is 2.25. The Bertz CT molecular complexity index is 608. The van der Waals surface area contributed by atoms with Crippen molar-refractivity contribution >= 4 is 16.7 Å². The third kappa shape index (κ3) is 3.86. The zero-order valence-corrected chi connectivity index (χ0v) is 10.8. The molecule has 0 saturated carbocycles. The van der Waals surface area contributed by atoms with Gasteiger partial charge in [0.1, 0.15) is 6.61 Å². The number of terminal acetylenes is 1. The summed E-state index contributed by atoms with van der Waals surface area (Å²) >= 11 is 0. The van der Waals surface area contributed by atoms with Crippen molar-refractivity contribution in [2.45, 2.75) is 19.3 Å². The van der Waals surface area contributed by atoms with Crippen LogP contribution >= 0.6 is 0 Å². The van der Waals surface area contributed by atoms with Gasteiger partial charge in [-0.25, -0.2) is 0 Å². The van der Waals surface area contributed by atoms with Crippen LogP contribution in [0.5, 0.6) is 0 Å². The van der Waals surface area contributed by atoms with Crippen molar-refractivity contribution < 1.29 is 9.53 Å². The molecule has 96 valence electrons. The molecule has 0 saturated heterocycles. The normalized spacial score (nSPS) is 10.1. The van der Waals surface area contributed by atoms with Crippen molar-refractivity contribution in [2.75, 3.05) is 6.61 Å². The number of ether oxygens (including phenoxy) is 1. The van der Waals surface area contributed by atoms with Crippen LogP contribution in [0.2, 0.25) is 0 Å². The number of hydrogen-bond donors (Lipinski definition) is 0. The van der Waals surface area contributed by atoms with Gasteiger partial charge in [-0.2, -0.15) is 0 Å². The Kier molecular flexibility index (Phi) is 4.58. The molecule has 2 rings (SSSR count). The number of carbonyl (C=O) groups excluding carboxylic acids is 1. The number of benzene rings is 2. The lowest BCUT2D eigenvalue weighted by Gasteiger charge is -2.04. The molecule has 0 aliphatic heterocycles. The first kappa shape index (κ1) is 13.2. The highest BCUT2D eigenvalue weighted by atomic mass is 16.5. The molecule has 19 heavy (non-hydrogen) atoms. The molecular weight excluding hydrogens is 236 g/mol. The standard InChI is InChI=1S/C17H16O2/c1-2-3-12-19-17(18)11-9-14-8-10-15-6-4-5-7-16(15)13-14/h1,4-8,10,13H,3,9,11-12H2. The number of hydrogen-bond acceptors (Lipinski definition) is 2. The Morgan fingerprint density at radius 2 is 1.95 bits per heavy atom. The summed E-state index contributed by atoms with van der Waals surface area (Å²) < 4.78 is 5.01. The van der Waals surface area contributed by atoms with Crippen LogP contribution in [0.1, 0.15) is 18.4 Å². The average molecular weight is 252 g/mol. The fraction of sp³-hybridized carbons (Fsp3) is 0.235. The van der Waals surface area contributed by atoms with Crippen molar-refractivity contribution in [3.63, 3.8) is 0 Å². The number of fused-ring (bicyclic) bond motifs is 1. The lowest BCUT2D eigenvalue weighted by Crippen LogP contribution is -2.06. The van der Waals surface area contributed by atoms with Crippen LogP contribution in [0.15, 0.2) is 42.5 Å². The molecule has 0 radical (unpaired) electrons. The minimum absolute atomic E-state index is 0.191. The molecule has 2 aromatic carbocycles. The zero-order chi connectivity index (χ0) is 13.5. The van der Waals surface area contributed by atoms with E-state index in [9.17, 15) is 4.79 Å². The van der Waals surface area contributed by atoms with E-state index >= 15 is 0 Å². The predicted molar refractivity (Wildman–Crippen MR) is 76.7 cm³/mol. The maximum Gasteiger partial charge on any atom is 0.306 e. The van der Waals surface area contributed by atoms with E-state index < -0.39 is 0 Å². The van der Waals surface area contributed by atoms with Crippen LogP contribution in [0, 0.1) is 12.3 Å². The largest absolute Gasteiger partial charge is 0.465 e. The van der Waals surface area contributed by atoms with Crippen molar-refractivity contribution in [1.29, 1.82) is 0 Å². The summed E-state index contributed by atoms with van der Waals surface area (Å²) in [5, 5.41) is 2.41. The van der Waals surface area contributed by atoms with E-state index in [1.54, 1.807) is 0 Å². The topological polar surface area (TPSA) is 26.3 Å². The summed E-state index contributed by atoms with van der Waals surface area (Å²) in [6.45, 7) is 0.313. The Morgan fingerprint density at radius 3 is 2.74 bits per heavy atom. The molecule has 0 heterocycles. The average Bonchev–Trinajstić information content (AvgIpc) is 2.45. The van der Waals surface area contributed by atoms with E-state index in [0.29, 0.717) is 25.9 Å². The highest BCUT2D eigenvalue weighted by Gasteiger charge is 2.03. The molecule has 0 unspecified atom stereocenters. The van der Waals surface area contributed by atoms with Crippen LogP contribution in [-0.2, 0) is 16.0 Å². The lowest BCUT2D eigenvalue weighted by molar-refractivity contribution is -0.143. The van der Waals surface area contributed by atoms with Gasteiger partial charge in [-0.05, 0) is 22.8 Å². The summed E-state index contributed by atoms with van der Waals surface area (Å²) in [4.78, 5) is 11.5. The highest BCUT2D eigenvalue weighted by Crippen LogP contribution is 2.16. The van der Waals surface area contributed by atoms with Gasteiger partial charge >= 0.3 is 5.97 Å². The van der Waals surface area contributed by atoms with Crippen molar-refractivity contribution in [1.82, 2.24) is 0 Å². The highest BCUT2D eigenvalue weighted by molar-refractivity contribution is 5.83. The number of aryl methyl sites for hydroxylation is 1. The van der Waals surface area contributed by atoms with Crippen LogP contribution in [0.3, 0.4) is 0 Å². The first-order chi connectivity index (χ1) is 9.29. The Balaban J connectivity index is 1.91. The zero-order valence-electron chi connectivity index (χ0n) is 10.8. The third-order valence-electron chi connectivity index (χ3n) is 2.94. The second kappa shape index (κ2) is 6.61. The van der Waals surface area contributed by atoms with Gasteiger partial charge in [0.05, 0.1) is 0 Å². The maximum absolute atomic E-state index is 11.5. The molecule has 0 aliphatic carbocycles. The number of carbonyl (C=O) groups is 1. The molecule has 2 aromatic rings. The Labute approximate surface area is 113 Å². The molecule has 0 aromatic heterocycles. The molecule has 0 fully saturated rings.